The van der Waals surface area contributed by atoms with Gasteiger partial charge >= 0.3 is 0 Å². The van der Waals surface area contributed by atoms with E-state index in [1.54, 1.807) is 18.2 Å². The number of phenolic OH excluding ortho intramolecular Hbond substituents is 1. The minimum Gasteiger partial charge on any atom is -0.504 e. The van der Waals surface area contributed by atoms with Gasteiger partial charge in [-0.05, 0) is 37.6 Å². The molecule has 0 atom stereocenters. The first kappa shape index (κ1) is 20.0. The molecule has 2 aromatic rings. The lowest BCUT2D eigenvalue weighted by atomic mass is 10.1. The van der Waals surface area contributed by atoms with Crippen LogP contribution >= 0.6 is 0 Å². The van der Waals surface area contributed by atoms with E-state index in [4.69, 9.17) is 4.74 Å². The van der Waals surface area contributed by atoms with Crippen molar-refractivity contribution >= 4 is 23.7 Å². The number of methoxy groups -OCH3 is 1. The Hall–Kier alpha value is -3.35. The van der Waals surface area contributed by atoms with Gasteiger partial charge in [-0.3, -0.25) is 9.59 Å². The van der Waals surface area contributed by atoms with Crippen LogP contribution in [0.2, 0.25) is 0 Å². The number of benzene rings is 2. The molecule has 7 nitrogen and oxygen atoms in total. The first-order valence-corrected chi connectivity index (χ1v) is 8.45. The maximum absolute atomic E-state index is 12.0. The van der Waals surface area contributed by atoms with Crippen LogP contribution in [0.4, 0.5) is 5.69 Å². The Morgan fingerprint density at radius 2 is 1.89 bits per heavy atom. The van der Waals surface area contributed by atoms with E-state index >= 15 is 0 Å². The summed E-state index contributed by atoms with van der Waals surface area (Å²) < 4.78 is 5.00. The van der Waals surface area contributed by atoms with Crippen LogP contribution in [0.5, 0.6) is 11.5 Å². The summed E-state index contributed by atoms with van der Waals surface area (Å²) in [7, 11) is 1.45. The molecule has 0 aliphatic carbocycles. The van der Waals surface area contributed by atoms with Gasteiger partial charge in [0.25, 0.3) is 0 Å². The molecule has 0 bridgehead atoms. The van der Waals surface area contributed by atoms with Crippen LogP contribution < -0.4 is 15.5 Å². The minimum atomic E-state index is -0.399. The first-order valence-electron chi connectivity index (χ1n) is 8.45. The SMILES string of the molecule is COc1cccc(C=NNC(=O)CCC(=O)Nc2ccc(C)cc2C)c1O. The lowest BCUT2D eigenvalue weighted by molar-refractivity contribution is -0.124. The molecule has 0 heterocycles. The van der Waals surface area contributed by atoms with Crippen LogP contribution in [0.3, 0.4) is 0 Å². The van der Waals surface area contributed by atoms with Crippen molar-refractivity contribution in [2.75, 3.05) is 12.4 Å². The number of nitrogens with zero attached hydrogens (tertiary/aromatic N) is 1. The third-order valence-corrected chi connectivity index (χ3v) is 3.88. The maximum Gasteiger partial charge on any atom is 0.240 e. The van der Waals surface area contributed by atoms with Gasteiger partial charge in [-0.25, -0.2) is 5.43 Å². The quantitative estimate of drug-likeness (QED) is 0.516. The van der Waals surface area contributed by atoms with E-state index in [9.17, 15) is 14.7 Å². The highest BCUT2D eigenvalue weighted by atomic mass is 16.5. The number of aryl methyl sites for hydroxylation is 2. The summed E-state index contributed by atoms with van der Waals surface area (Å²) >= 11 is 0. The van der Waals surface area contributed by atoms with Gasteiger partial charge in [0.05, 0.1) is 13.3 Å². The zero-order chi connectivity index (χ0) is 19.8. The van der Waals surface area contributed by atoms with E-state index in [2.05, 4.69) is 15.8 Å². The molecule has 0 unspecified atom stereocenters. The number of aromatic hydroxyl groups is 1. The van der Waals surface area contributed by atoms with Gasteiger partial charge in [0.15, 0.2) is 11.5 Å². The van der Waals surface area contributed by atoms with E-state index in [0.29, 0.717) is 11.3 Å². The predicted octanol–water partition coefficient (Wildman–Crippen LogP) is 2.89. The van der Waals surface area contributed by atoms with Crippen molar-refractivity contribution in [2.45, 2.75) is 26.7 Å². The smallest absolute Gasteiger partial charge is 0.240 e. The van der Waals surface area contributed by atoms with Crippen LogP contribution in [-0.4, -0.2) is 30.2 Å². The van der Waals surface area contributed by atoms with E-state index < -0.39 is 5.91 Å². The molecule has 142 valence electrons. The highest BCUT2D eigenvalue weighted by Crippen LogP contribution is 2.27. The second-order valence-electron chi connectivity index (χ2n) is 6.06. The highest BCUT2D eigenvalue weighted by Gasteiger charge is 2.09. The number of ether oxygens (including phenoxy) is 1. The maximum atomic E-state index is 12.0. The summed E-state index contributed by atoms with van der Waals surface area (Å²) in [6.45, 7) is 3.90. The third kappa shape index (κ3) is 5.85. The topological polar surface area (TPSA) is 100 Å². The number of hydrogen-bond acceptors (Lipinski definition) is 5. The van der Waals surface area contributed by atoms with Gasteiger partial charge in [-0.1, -0.05) is 23.8 Å². The van der Waals surface area contributed by atoms with Gasteiger partial charge in [-0.2, -0.15) is 5.10 Å². The zero-order valence-electron chi connectivity index (χ0n) is 15.6. The fourth-order valence-corrected chi connectivity index (χ4v) is 2.43. The Balaban J connectivity index is 1.81. The number of hydrazone groups is 1. The van der Waals surface area contributed by atoms with E-state index in [0.717, 1.165) is 16.8 Å². The Bertz CT molecular complexity index is 862. The van der Waals surface area contributed by atoms with Crippen molar-refractivity contribution in [1.29, 1.82) is 0 Å². The number of anilines is 1. The Labute approximate surface area is 158 Å². The Morgan fingerprint density at radius 3 is 2.59 bits per heavy atom. The minimum absolute atomic E-state index is 0.00181. The molecule has 7 heteroatoms. The van der Waals surface area contributed by atoms with E-state index in [1.165, 1.54) is 13.3 Å². The molecule has 0 spiro atoms. The van der Waals surface area contributed by atoms with Gasteiger partial charge in [-0.15, -0.1) is 0 Å². The number of phenols is 1. The molecule has 0 aliphatic rings. The average Bonchev–Trinajstić information content (AvgIpc) is 2.64. The fourth-order valence-electron chi connectivity index (χ4n) is 2.43. The second-order valence-corrected chi connectivity index (χ2v) is 6.06. The monoisotopic (exact) mass is 369 g/mol. The van der Waals surface area contributed by atoms with E-state index in [1.807, 2.05) is 32.0 Å². The van der Waals surface area contributed by atoms with Crippen LogP contribution in [-0.2, 0) is 9.59 Å². The fraction of sp³-hybridized carbons (Fsp3) is 0.250. The van der Waals surface area contributed by atoms with Gasteiger partial charge < -0.3 is 15.2 Å². The molecule has 0 radical (unpaired) electrons. The summed E-state index contributed by atoms with van der Waals surface area (Å²) in [6.07, 6.45) is 1.35. The molecule has 0 saturated heterocycles. The Morgan fingerprint density at radius 1 is 1.15 bits per heavy atom. The molecule has 3 N–H and O–H groups in total. The molecular weight excluding hydrogens is 346 g/mol. The standard InChI is InChI=1S/C20H23N3O4/c1-13-7-8-16(14(2)11-13)22-18(24)9-10-19(25)23-21-12-15-5-4-6-17(27-3)20(15)26/h4-8,11-12,26H,9-10H2,1-3H3,(H,22,24)(H,23,25). The lowest BCUT2D eigenvalue weighted by Gasteiger charge is -2.08. The lowest BCUT2D eigenvalue weighted by Crippen LogP contribution is -2.20. The predicted molar refractivity (Wildman–Crippen MR) is 104 cm³/mol. The number of nitrogens with one attached hydrogen (secondary N) is 2. The average molecular weight is 369 g/mol. The van der Waals surface area contributed by atoms with Gasteiger partial charge in [0.2, 0.25) is 11.8 Å². The van der Waals surface area contributed by atoms with Crippen molar-refractivity contribution in [2.24, 2.45) is 5.10 Å². The van der Waals surface area contributed by atoms with Crippen molar-refractivity contribution in [3.05, 3.63) is 53.1 Å². The van der Waals surface area contributed by atoms with Crippen LogP contribution in [0.15, 0.2) is 41.5 Å². The van der Waals surface area contributed by atoms with Crippen molar-refractivity contribution < 1.29 is 19.4 Å². The number of rotatable bonds is 7. The summed E-state index contributed by atoms with van der Waals surface area (Å²) in [4.78, 5) is 23.8. The molecule has 0 saturated carbocycles. The van der Waals surface area contributed by atoms with E-state index in [-0.39, 0.29) is 24.5 Å². The number of hydrogen-bond donors (Lipinski definition) is 3. The van der Waals surface area contributed by atoms with Crippen molar-refractivity contribution in [1.82, 2.24) is 5.43 Å². The number of para-hydroxylation sites is 1. The first-order chi connectivity index (χ1) is 12.9. The van der Waals surface area contributed by atoms with Gasteiger partial charge in [0, 0.05) is 24.1 Å². The molecule has 27 heavy (non-hydrogen) atoms. The molecule has 2 aromatic carbocycles. The van der Waals surface area contributed by atoms with Crippen LogP contribution in [0.25, 0.3) is 0 Å². The van der Waals surface area contributed by atoms with Gasteiger partial charge in [0.1, 0.15) is 0 Å². The molecule has 2 amide bonds. The largest absolute Gasteiger partial charge is 0.504 e. The molecule has 2 rings (SSSR count). The van der Waals surface area contributed by atoms with Crippen molar-refractivity contribution in [3.63, 3.8) is 0 Å². The number of amides is 2. The van der Waals surface area contributed by atoms with Crippen LogP contribution in [0, 0.1) is 13.8 Å². The normalized spacial score (nSPS) is 10.6. The Kier molecular flexibility index (Phi) is 6.93. The van der Waals surface area contributed by atoms with Crippen LogP contribution in [0.1, 0.15) is 29.5 Å². The summed E-state index contributed by atoms with van der Waals surface area (Å²) in [5.41, 5.74) is 5.55. The summed E-state index contributed by atoms with van der Waals surface area (Å²) in [6, 6.07) is 10.7. The number of carbonyl (C=O) groups excluding carboxylic acids is 2. The molecule has 0 aliphatic heterocycles. The zero-order valence-corrected chi connectivity index (χ0v) is 15.6. The van der Waals surface area contributed by atoms with Crippen molar-refractivity contribution in [3.8, 4) is 11.5 Å². The molecule has 0 aromatic heterocycles. The molecular formula is C20H23N3O4. The number of carbonyl (C=O) groups is 2. The second kappa shape index (κ2) is 9.38. The summed E-state index contributed by atoms with van der Waals surface area (Å²) in [5, 5.41) is 16.5. The highest BCUT2D eigenvalue weighted by molar-refractivity contribution is 5.94. The third-order valence-electron chi connectivity index (χ3n) is 3.88. The molecule has 0 fully saturated rings. The summed E-state index contributed by atoms with van der Waals surface area (Å²) in [5.74, 6) is -0.393.